The van der Waals surface area contributed by atoms with Crippen LogP contribution >= 0.6 is 15.9 Å². The third-order valence-electron chi connectivity index (χ3n) is 5.70. The minimum absolute atomic E-state index is 0.0878. The normalized spacial score (nSPS) is 14.0. The van der Waals surface area contributed by atoms with Gasteiger partial charge in [-0.1, -0.05) is 53.2 Å². The number of carbonyl (C=O) groups is 1. The Morgan fingerprint density at radius 2 is 1.65 bits per heavy atom. The average Bonchev–Trinajstić information content (AvgIpc) is 2.81. The van der Waals surface area contributed by atoms with Crippen LogP contribution in [0.15, 0.2) is 59.1 Å². The van der Waals surface area contributed by atoms with Gasteiger partial charge in [-0.25, -0.2) is 9.97 Å². The Kier molecular flexibility index (Phi) is 6.66. The summed E-state index contributed by atoms with van der Waals surface area (Å²) >= 11 is 3.43. The summed E-state index contributed by atoms with van der Waals surface area (Å²) in [6.45, 7) is 7.01. The second-order valence-electron chi connectivity index (χ2n) is 7.82. The summed E-state index contributed by atoms with van der Waals surface area (Å²) < 4.78 is 0.977. The van der Waals surface area contributed by atoms with Crippen molar-refractivity contribution in [3.8, 4) is 0 Å². The molecule has 0 N–H and O–H groups in total. The number of benzene rings is 2. The standard InChI is InChI=1S/C25H27BrN4O/c1-3-23-22(17-19-7-5-4-6-8-19)24(28-18(2)27-23)29-13-15-30(16-14-29)25(31)20-9-11-21(26)12-10-20/h4-12H,3,13-17H2,1-2H3. The minimum atomic E-state index is 0.0878. The molecule has 3 aromatic rings. The number of hydrogen-bond donors (Lipinski definition) is 0. The van der Waals surface area contributed by atoms with Gasteiger partial charge in [0.25, 0.3) is 5.91 Å². The van der Waals surface area contributed by atoms with E-state index in [0.29, 0.717) is 13.1 Å². The van der Waals surface area contributed by atoms with E-state index in [4.69, 9.17) is 9.97 Å². The van der Waals surface area contributed by atoms with Gasteiger partial charge in [0.05, 0.1) is 0 Å². The Morgan fingerprint density at radius 1 is 0.968 bits per heavy atom. The van der Waals surface area contributed by atoms with Crippen molar-refractivity contribution in [3.63, 3.8) is 0 Å². The van der Waals surface area contributed by atoms with Crippen molar-refractivity contribution in [1.29, 1.82) is 0 Å². The van der Waals surface area contributed by atoms with E-state index in [9.17, 15) is 4.79 Å². The van der Waals surface area contributed by atoms with Crippen LogP contribution in [0, 0.1) is 6.92 Å². The minimum Gasteiger partial charge on any atom is -0.353 e. The van der Waals surface area contributed by atoms with Crippen molar-refractivity contribution in [1.82, 2.24) is 14.9 Å². The fourth-order valence-electron chi connectivity index (χ4n) is 4.07. The molecule has 1 aliphatic rings. The molecule has 0 atom stereocenters. The van der Waals surface area contributed by atoms with Crippen LogP contribution in [0.25, 0.3) is 0 Å². The first-order valence-electron chi connectivity index (χ1n) is 10.7. The van der Waals surface area contributed by atoms with Gasteiger partial charge in [0.1, 0.15) is 11.6 Å². The maximum atomic E-state index is 12.9. The highest BCUT2D eigenvalue weighted by atomic mass is 79.9. The Morgan fingerprint density at radius 3 is 2.29 bits per heavy atom. The summed E-state index contributed by atoms with van der Waals surface area (Å²) in [6.07, 6.45) is 1.69. The number of anilines is 1. The summed E-state index contributed by atoms with van der Waals surface area (Å²) in [7, 11) is 0. The van der Waals surface area contributed by atoms with Crippen molar-refractivity contribution in [2.75, 3.05) is 31.1 Å². The van der Waals surface area contributed by atoms with E-state index >= 15 is 0 Å². The first kappa shape index (κ1) is 21.5. The summed E-state index contributed by atoms with van der Waals surface area (Å²) in [5, 5.41) is 0. The number of hydrogen-bond acceptors (Lipinski definition) is 4. The lowest BCUT2D eigenvalue weighted by Gasteiger charge is -2.36. The van der Waals surface area contributed by atoms with Crippen LogP contribution in [0.4, 0.5) is 5.82 Å². The van der Waals surface area contributed by atoms with Gasteiger partial charge in [-0.2, -0.15) is 0 Å². The van der Waals surface area contributed by atoms with E-state index in [-0.39, 0.29) is 5.91 Å². The molecule has 4 rings (SSSR count). The largest absolute Gasteiger partial charge is 0.353 e. The fourth-order valence-corrected chi connectivity index (χ4v) is 4.33. The van der Waals surface area contributed by atoms with E-state index in [2.05, 4.69) is 52.0 Å². The molecule has 6 heteroatoms. The van der Waals surface area contributed by atoms with Gasteiger partial charge in [-0.15, -0.1) is 0 Å². The molecule has 0 spiro atoms. The molecule has 0 radical (unpaired) electrons. The van der Waals surface area contributed by atoms with Gasteiger partial charge in [0.2, 0.25) is 0 Å². The zero-order chi connectivity index (χ0) is 21.8. The van der Waals surface area contributed by atoms with E-state index in [0.717, 1.165) is 53.3 Å². The Balaban J connectivity index is 1.54. The van der Waals surface area contributed by atoms with Crippen molar-refractivity contribution >= 4 is 27.7 Å². The molecule has 1 saturated heterocycles. The second kappa shape index (κ2) is 9.60. The molecular formula is C25H27BrN4O. The quantitative estimate of drug-likeness (QED) is 0.534. The van der Waals surface area contributed by atoms with Crippen LogP contribution < -0.4 is 4.90 Å². The molecule has 5 nitrogen and oxygen atoms in total. The van der Waals surface area contributed by atoms with Crippen LogP contribution in [-0.2, 0) is 12.8 Å². The maximum Gasteiger partial charge on any atom is 0.253 e. The summed E-state index contributed by atoms with van der Waals surface area (Å²) in [5.74, 6) is 1.91. The molecule has 160 valence electrons. The van der Waals surface area contributed by atoms with E-state index in [1.54, 1.807) is 0 Å². The highest BCUT2D eigenvalue weighted by molar-refractivity contribution is 9.10. The van der Waals surface area contributed by atoms with Crippen LogP contribution in [-0.4, -0.2) is 47.0 Å². The second-order valence-corrected chi connectivity index (χ2v) is 8.74. The predicted octanol–water partition coefficient (Wildman–Crippen LogP) is 4.66. The van der Waals surface area contributed by atoms with Crippen LogP contribution in [0.1, 0.15) is 39.9 Å². The third kappa shape index (κ3) is 4.96. The number of aromatic nitrogens is 2. The molecule has 0 unspecified atom stereocenters. The van der Waals surface area contributed by atoms with E-state index < -0.39 is 0 Å². The number of rotatable bonds is 5. The Bertz CT molecular complexity index is 1050. The zero-order valence-corrected chi connectivity index (χ0v) is 19.6. The Hall–Kier alpha value is -2.73. The molecule has 1 aliphatic heterocycles. The van der Waals surface area contributed by atoms with Gasteiger partial charge in [-0.05, 0) is 43.2 Å². The van der Waals surface area contributed by atoms with Crippen molar-refractivity contribution in [2.24, 2.45) is 0 Å². The molecule has 1 fully saturated rings. The molecule has 2 aromatic carbocycles. The van der Waals surface area contributed by atoms with Gasteiger partial charge in [0.15, 0.2) is 0 Å². The highest BCUT2D eigenvalue weighted by Gasteiger charge is 2.25. The number of aryl methyl sites for hydroxylation is 2. The number of amides is 1. The van der Waals surface area contributed by atoms with Gasteiger partial charge in [-0.3, -0.25) is 4.79 Å². The molecule has 1 aromatic heterocycles. The molecule has 0 aliphatic carbocycles. The predicted molar refractivity (Wildman–Crippen MR) is 128 cm³/mol. The molecule has 0 bridgehead atoms. The Labute approximate surface area is 192 Å². The van der Waals surface area contributed by atoms with Gasteiger partial charge in [0, 0.05) is 53.9 Å². The zero-order valence-electron chi connectivity index (χ0n) is 18.0. The van der Waals surface area contributed by atoms with Gasteiger partial charge < -0.3 is 9.80 Å². The lowest BCUT2D eigenvalue weighted by atomic mass is 10.0. The lowest BCUT2D eigenvalue weighted by molar-refractivity contribution is 0.0746. The first-order valence-corrected chi connectivity index (χ1v) is 11.5. The highest BCUT2D eigenvalue weighted by Crippen LogP contribution is 2.26. The molecule has 1 amide bonds. The number of carbonyl (C=O) groups excluding carboxylic acids is 1. The maximum absolute atomic E-state index is 12.9. The summed E-state index contributed by atoms with van der Waals surface area (Å²) in [5.41, 5.74) is 4.30. The van der Waals surface area contributed by atoms with Gasteiger partial charge >= 0.3 is 0 Å². The van der Waals surface area contributed by atoms with Crippen LogP contribution in [0.5, 0.6) is 0 Å². The molecular weight excluding hydrogens is 452 g/mol. The number of nitrogens with zero attached hydrogens (tertiary/aromatic N) is 4. The van der Waals surface area contributed by atoms with Crippen LogP contribution in [0.3, 0.4) is 0 Å². The van der Waals surface area contributed by atoms with E-state index in [1.165, 1.54) is 11.1 Å². The first-order chi connectivity index (χ1) is 15.0. The van der Waals surface area contributed by atoms with E-state index in [1.807, 2.05) is 42.2 Å². The van der Waals surface area contributed by atoms with Crippen molar-refractivity contribution in [2.45, 2.75) is 26.7 Å². The summed E-state index contributed by atoms with van der Waals surface area (Å²) in [4.78, 5) is 26.7. The summed E-state index contributed by atoms with van der Waals surface area (Å²) in [6, 6.07) is 18.1. The number of halogens is 1. The fraction of sp³-hybridized carbons (Fsp3) is 0.320. The molecule has 2 heterocycles. The average molecular weight is 479 g/mol. The lowest BCUT2D eigenvalue weighted by Crippen LogP contribution is -2.49. The third-order valence-corrected chi connectivity index (χ3v) is 6.23. The van der Waals surface area contributed by atoms with Crippen molar-refractivity contribution in [3.05, 3.63) is 87.3 Å². The molecule has 0 saturated carbocycles. The smallest absolute Gasteiger partial charge is 0.253 e. The molecule has 31 heavy (non-hydrogen) atoms. The SMILES string of the molecule is CCc1nc(C)nc(N2CCN(C(=O)c3ccc(Br)cc3)CC2)c1Cc1ccccc1. The van der Waals surface area contributed by atoms with Crippen LogP contribution in [0.2, 0.25) is 0 Å². The topological polar surface area (TPSA) is 49.3 Å². The van der Waals surface area contributed by atoms with Crippen molar-refractivity contribution < 1.29 is 4.79 Å². The monoisotopic (exact) mass is 478 g/mol. The number of piperazine rings is 1.